The van der Waals surface area contributed by atoms with Crippen LogP contribution in [0, 0.1) is 0 Å². The predicted octanol–water partition coefficient (Wildman–Crippen LogP) is 2.75. The van der Waals surface area contributed by atoms with Gasteiger partial charge in [-0.1, -0.05) is 12.5 Å². The van der Waals surface area contributed by atoms with Crippen LogP contribution >= 0.6 is 0 Å². The average Bonchev–Trinajstić information content (AvgIpc) is 2.91. The minimum absolute atomic E-state index is 0.583. The summed E-state index contributed by atoms with van der Waals surface area (Å²) in [6.45, 7) is 3.74. The molecule has 4 nitrogen and oxygen atoms in total. The van der Waals surface area contributed by atoms with Gasteiger partial charge in [0.15, 0.2) is 0 Å². The zero-order chi connectivity index (χ0) is 14.5. The van der Waals surface area contributed by atoms with Crippen molar-refractivity contribution in [1.82, 2.24) is 4.90 Å². The van der Waals surface area contributed by atoms with E-state index in [0.29, 0.717) is 19.3 Å². The molecule has 0 aromatic heterocycles. The molecule has 2 aliphatic heterocycles. The topological polar surface area (TPSA) is 33.7 Å². The maximum atomic E-state index is 5.68. The maximum absolute atomic E-state index is 5.68. The van der Waals surface area contributed by atoms with E-state index in [2.05, 4.69) is 28.4 Å². The zero-order valence-corrected chi connectivity index (χ0v) is 12.9. The van der Waals surface area contributed by atoms with Crippen LogP contribution in [-0.4, -0.2) is 50.4 Å². The van der Waals surface area contributed by atoms with E-state index in [9.17, 15) is 0 Å². The lowest BCUT2D eigenvalue weighted by Crippen LogP contribution is -2.41. The van der Waals surface area contributed by atoms with E-state index in [1.54, 1.807) is 7.11 Å². The second-order valence-corrected chi connectivity index (χ2v) is 6.01. The molecule has 116 valence electrons. The first-order valence-electron chi connectivity index (χ1n) is 8.09. The molecule has 2 aliphatic rings. The first kappa shape index (κ1) is 14.7. The van der Waals surface area contributed by atoms with E-state index < -0.39 is 0 Å². The van der Waals surface area contributed by atoms with E-state index in [4.69, 9.17) is 9.47 Å². The Labute approximate surface area is 127 Å². The Balaban J connectivity index is 1.58. The molecule has 1 aromatic rings. The number of anilines is 1. The van der Waals surface area contributed by atoms with Gasteiger partial charge in [0.25, 0.3) is 0 Å². The van der Waals surface area contributed by atoms with E-state index in [1.807, 2.05) is 6.07 Å². The second kappa shape index (κ2) is 7.14. The molecule has 2 atom stereocenters. The van der Waals surface area contributed by atoms with Crippen LogP contribution in [0.25, 0.3) is 0 Å². The highest BCUT2D eigenvalue weighted by Gasteiger charge is 2.35. The van der Waals surface area contributed by atoms with Crippen LogP contribution in [0.2, 0.25) is 0 Å². The van der Waals surface area contributed by atoms with Crippen molar-refractivity contribution in [1.29, 1.82) is 0 Å². The van der Waals surface area contributed by atoms with Crippen molar-refractivity contribution in [2.75, 3.05) is 38.7 Å². The molecule has 0 amide bonds. The molecule has 1 N–H and O–H groups in total. The van der Waals surface area contributed by atoms with Crippen LogP contribution in [-0.2, 0) is 4.74 Å². The molecule has 2 heterocycles. The Morgan fingerprint density at radius 2 is 2.14 bits per heavy atom. The smallest absolute Gasteiger partial charge is 0.121 e. The van der Waals surface area contributed by atoms with Gasteiger partial charge in [-0.3, -0.25) is 4.90 Å². The van der Waals surface area contributed by atoms with Crippen molar-refractivity contribution < 1.29 is 9.47 Å². The first-order chi connectivity index (χ1) is 10.4. The van der Waals surface area contributed by atoms with Crippen molar-refractivity contribution in [2.45, 2.75) is 37.8 Å². The molecule has 2 unspecified atom stereocenters. The van der Waals surface area contributed by atoms with Crippen LogP contribution in [0.4, 0.5) is 5.69 Å². The van der Waals surface area contributed by atoms with E-state index in [-0.39, 0.29) is 0 Å². The fraction of sp³-hybridized carbons (Fsp3) is 0.647. The maximum Gasteiger partial charge on any atom is 0.121 e. The monoisotopic (exact) mass is 290 g/mol. The van der Waals surface area contributed by atoms with Crippen LogP contribution in [0.15, 0.2) is 24.3 Å². The number of methoxy groups -OCH3 is 1. The van der Waals surface area contributed by atoms with Gasteiger partial charge in [-0.25, -0.2) is 0 Å². The predicted molar refractivity (Wildman–Crippen MR) is 85.1 cm³/mol. The van der Waals surface area contributed by atoms with Crippen molar-refractivity contribution in [3.05, 3.63) is 24.3 Å². The number of nitrogens with one attached hydrogen (secondary N) is 1. The Kier molecular flexibility index (Phi) is 4.99. The van der Waals surface area contributed by atoms with Gasteiger partial charge in [0, 0.05) is 37.5 Å². The van der Waals surface area contributed by atoms with E-state index in [0.717, 1.165) is 11.8 Å². The summed E-state index contributed by atoms with van der Waals surface area (Å²) in [5, 5.41) is 3.72. The lowest BCUT2D eigenvalue weighted by molar-refractivity contribution is 0.146. The largest absolute Gasteiger partial charge is 0.491 e. The highest BCUT2D eigenvalue weighted by Crippen LogP contribution is 2.30. The van der Waals surface area contributed by atoms with Gasteiger partial charge in [-0.15, -0.1) is 0 Å². The normalized spacial score (nSPS) is 25.6. The van der Waals surface area contributed by atoms with E-state index >= 15 is 0 Å². The Morgan fingerprint density at radius 1 is 1.19 bits per heavy atom. The summed E-state index contributed by atoms with van der Waals surface area (Å²) in [5.41, 5.74) is 1.17. The number of hydrogen-bond donors (Lipinski definition) is 1. The van der Waals surface area contributed by atoms with Crippen LogP contribution in [0.1, 0.15) is 25.7 Å². The molecule has 3 rings (SSSR count). The summed E-state index contributed by atoms with van der Waals surface area (Å²) >= 11 is 0. The quantitative estimate of drug-likeness (QED) is 0.817. The standard InChI is InChI=1S/C17H26N2O2/c1-20-11-12-21-15-6-4-5-14(13-15)18-16-8-10-19-9-3-2-7-17(16)19/h4-6,13,16-18H,2-3,7-12H2,1H3. The Morgan fingerprint density at radius 3 is 3.05 bits per heavy atom. The van der Waals surface area contributed by atoms with Crippen LogP contribution in [0.3, 0.4) is 0 Å². The fourth-order valence-electron chi connectivity index (χ4n) is 3.55. The molecule has 0 radical (unpaired) electrons. The first-order valence-corrected chi connectivity index (χ1v) is 8.09. The summed E-state index contributed by atoms with van der Waals surface area (Å²) in [5.74, 6) is 0.913. The molecular weight excluding hydrogens is 264 g/mol. The van der Waals surface area contributed by atoms with Crippen molar-refractivity contribution >= 4 is 5.69 Å². The molecule has 21 heavy (non-hydrogen) atoms. The lowest BCUT2D eigenvalue weighted by Gasteiger charge is -2.33. The summed E-state index contributed by atoms with van der Waals surface area (Å²) in [6.07, 6.45) is 5.33. The third-order valence-electron chi connectivity index (χ3n) is 4.60. The Hall–Kier alpha value is -1.26. The van der Waals surface area contributed by atoms with Gasteiger partial charge >= 0.3 is 0 Å². The Bertz CT molecular complexity index is 452. The molecule has 1 aromatic carbocycles. The summed E-state index contributed by atoms with van der Waals surface area (Å²) in [6, 6.07) is 9.59. The van der Waals surface area contributed by atoms with Gasteiger partial charge in [0.2, 0.25) is 0 Å². The van der Waals surface area contributed by atoms with Gasteiger partial charge < -0.3 is 14.8 Å². The van der Waals surface area contributed by atoms with Crippen molar-refractivity contribution in [3.8, 4) is 5.75 Å². The zero-order valence-electron chi connectivity index (χ0n) is 12.9. The molecular formula is C17H26N2O2. The third kappa shape index (κ3) is 3.69. The van der Waals surface area contributed by atoms with E-state index in [1.165, 1.54) is 44.5 Å². The summed E-state index contributed by atoms with van der Waals surface area (Å²) in [4.78, 5) is 2.65. The molecule has 4 heteroatoms. The van der Waals surface area contributed by atoms with Gasteiger partial charge in [0.05, 0.1) is 6.61 Å². The molecule has 2 saturated heterocycles. The van der Waals surface area contributed by atoms with Gasteiger partial charge in [-0.2, -0.15) is 0 Å². The number of benzene rings is 1. The minimum atomic E-state index is 0.583. The highest BCUT2D eigenvalue weighted by atomic mass is 16.5. The average molecular weight is 290 g/mol. The van der Waals surface area contributed by atoms with Crippen LogP contribution < -0.4 is 10.1 Å². The number of fused-ring (bicyclic) bond motifs is 1. The number of nitrogens with zero attached hydrogens (tertiary/aromatic N) is 1. The molecule has 2 fully saturated rings. The van der Waals surface area contributed by atoms with Crippen molar-refractivity contribution in [2.24, 2.45) is 0 Å². The second-order valence-electron chi connectivity index (χ2n) is 6.01. The lowest BCUT2D eigenvalue weighted by atomic mass is 9.99. The molecule has 0 aliphatic carbocycles. The third-order valence-corrected chi connectivity index (χ3v) is 4.60. The van der Waals surface area contributed by atoms with Crippen molar-refractivity contribution in [3.63, 3.8) is 0 Å². The molecule has 0 bridgehead atoms. The minimum Gasteiger partial charge on any atom is -0.491 e. The number of hydrogen-bond acceptors (Lipinski definition) is 4. The molecule has 0 saturated carbocycles. The number of piperidine rings is 1. The number of rotatable bonds is 6. The molecule has 0 spiro atoms. The van der Waals surface area contributed by atoms with Gasteiger partial charge in [-0.05, 0) is 37.9 Å². The van der Waals surface area contributed by atoms with Crippen LogP contribution in [0.5, 0.6) is 5.75 Å². The summed E-state index contributed by atoms with van der Waals surface area (Å²) < 4.78 is 10.7. The highest BCUT2D eigenvalue weighted by molar-refractivity contribution is 5.49. The summed E-state index contributed by atoms with van der Waals surface area (Å²) in [7, 11) is 1.69. The SMILES string of the molecule is COCCOc1cccc(NC2CCN3CCCCC23)c1. The number of ether oxygens (including phenoxy) is 2. The fourth-order valence-corrected chi connectivity index (χ4v) is 3.55. The van der Waals surface area contributed by atoms with Gasteiger partial charge in [0.1, 0.15) is 12.4 Å².